The standard InChI is InChI=1S/C21H31N3O4/c1-5-7-16-8-10-17(11-9-16)21(4)19(26)24(20(27)23-21)14-18(25)22-12-6-13-28-15(2)3/h8-11,15H,5-7,12-14H2,1-4H3,(H,22,25)(H,23,27). The number of aryl methyl sites for hydroxylation is 1. The third kappa shape index (κ3) is 5.32. The normalized spacial score (nSPS) is 19.2. The Hall–Kier alpha value is -2.41. The van der Waals surface area contributed by atoms with E-state index in [4.69, 9.17) is 4.74 Å². The Kier molecular flexibility index (Phi) is 7.57. The predicted molar refractivity (Wildman–Crippen MR) is 107 cm³/mol. The number of carbonyl (C=O) groups excluding carboxylic acids is 3. The second kappa shape index (κ2) is 9.68. The number of urea groups is 1. The summed E-state index contributed by atoms with van der Waals surface area (Å²) in [5.74, 6) is -0.783. The van der Waals surface area contributed by atoms with E-state index in [1.54, 1.807) is 6.92 Å². The Labute approximate surface area is 166 Å². The zero-order chi connectivity index (χ0) is 20.7. The van der Waals surface area contributed by atoms with Crippen molar-refractivity contribution in [3.05, 3.63) is 35.4 Å². The highest BCUT2D eigenvalue weighted by atomic mass is 16.5. The molecule has 1 saturated heterocycles. The van der Waals surface area contributed by atoms with Crippen LogP contribution in [-0.4, -0.2) is 48.5 Å². The lowest BCUT2D eigenvalue weighted by molar-refractivity contribution is -0.134. The van der Waals surface area contributed by atoms with E-state index in [9.17, 15) is 14.4 Å². The number of amides is 4. The minimum Gasteiger partial charge on any atom is -0.379 e. The molecule has 4 amide bonds. The minimum absolute atomic E-state index is 0.148. The first-order valence-electron chi connectivity index (χ1n) is 9.89. The first-order chi connectivity index (χ1) is 13.3. The molecule has 2 N–H and O–H groups in total. The zero-order valence-corrected chi connectivity index (χ0v) is 17.2. The second-order valence-electron chi connectivity index (χ2n) is 7.52. The van der Waals surface area contributed by atoms with Gasteiger partial charge in [-0.05, 0) is 44.7 Å². The van der Waals surface area contributed by atoms with Crippen LogP contribution in [0.5, 0.6) is 0 Å². The molecule has 1 aliphatic rings. The molecule has 2 rings (SSSR count). The number of nitrogens with zero attached hydrogens (tertiary/aromatic N) is 1. The van der Waals surface area contributed by atoms with E-state index in [2.05, 4.69) is 17.6 Å². The van der Waals surface area contributed by atoms with Gasteiger partial charge < -0.3 is 15.4 Å². The fraction of sp³-hybridized carbons (Fsp3) is 0.571. The molecule has 7 heteroatoms. The van der Waals surface area contributed by atoms with Crippen LogP contribution in [-0.2, 0) is 26.3 Å². The highest BCUT2D eigenvalue weighted by Crippen LogP contribution is 2.29. The molecule has 0 spiro atoms. The van der Waals surface area contributed by atoms with Gasteiger partial charge in [0.2, 0.25) is 5.91 Å². The number of imide groups is 1. The summed E-state index contributed by atoms with van der Waals surface area (Å²) in [7, 11) is 0. The number of carbonyl (C=O) groups is 3. The maximum absolute atomic E-state index is 12.9. The number of rotatable bonds is 10. The monoisotopic (exact) mass is 389 g/mol. The molecule has 7 nitrogen and oxygen atoms in total. The number of hydrogen-bond donors (Lipinski definition) is 2. The van der Waals surface area contributed by atoms with Gasteiger partial charge >= 0.3 is 6.03 Å². The highest BCUT2D eigenvalue weighted by Gasteiger charge is 2.49. The molecule has 1 aromatic rings. The lowest BCUT2D eigenvalue weighted by Gasteiger charge is -2.22. The third-order valence-electron chi connectivity index (χ3n) is 4.74. The van der Waals surface area contributed by atoms with E-state index >= 15 is 0 Å². The Bertz CT molecular complexity index is 702. The summed E-state index contributed by atoms with van der Waals surface area (Å²) in [5.41, 5.74) is 0.733. The minimum atomic E-state index is -1.16. The van der Waals surface area contributed by atoms with Crippen molar-refractivity contribution in [1.82, 2.24) is 15.5 Å². The van der Waals surface area contributed by atoms with Crippen molar-refractivity contribution in [3.63, 3.8) is 0 Å². The van der Waals surface area contributed by atoms with Gasteiger partial charge in [0.1, 0.15) is 12.1 Å². The van der Waals surface area contributed by atoms with Crippen molar-refractivity contribution in [3.8, 4) is 0 Å². The van der Waals surface area contributed by atoms with Crippen LogP contribution in [0.4, 0.5) is 4.79 Å². The number of ether oxygens (including phenoxy) is 1. The topological polar surface area (TPSA) is 87.7 Å². The van der Waals surface area contributed by atoms with Gasteiger partial charge in [0.25, 0.3) is 5.91 Å². The highest BCUT2D eigenvalue weighted by molar-refractivity contribution is 6.09. The van der Waals surface area contributed by atoms with Gasteiger partial charge in [0.15, 0.2) is 0 Å². The maximum atomic E-state index is 12.9. The summed E-state index contributed by atoms with van der Waals surface area (Å²) in [6, 6.07) is 7.11. The molecule has 154 valence electrons. The molecule has 1 unspecified atom stereocenters. The van der Waals surface area contributed by atoms with Crippen molar-refractivity contribution >= 4 is 17.8 Å². The quantitative estimate of drug-likeness (QED) is 0.475. The summed E-state index contributed by atoms with van der Waals surface area (Å²) in [6.45, 7) is 8.37. The van der Waals surface area contributed by atoms with Crippen LogP contribution in [0.15, 0.2) is 24.3 Å². The van der Waals surface area contributed by atoms with Crippen molar-refractivity contribution in [1.29, 1.82) is 0 Å². The molecule has 0 saturated carbocycles. The Morgan fingerprint density at radius 1 is 1.25 bits per heavy atom. The lowest BCUT2D eigenvalue weighted by atomic mass is 9.91. The average molecular weight is 389 g/mol. The van der Waals surface area contributed by atoms with Crippen LogP contribution < -0.4 is 10.6 Å². The van der Waals surface area contributed by atoms with Crippen molar-refractivity contribution in [2.24, 2.45) is 0 Å². The van der Waals surface area contributed by atoms with Gasteiger partial charge in [0, 0.05) is 13.2 Å². The van der Waals surface area contributed by atoms with Crippen molar-refractivity contribution in [2.75, 3.05) is 19.7 Å². The SMILES string of the molecule is CCCc1ccc(C2(C)NC(=O)N(CC(=O)NCCCOC(C)C)C2=O)cc1. The molecule has 28 heavy (non-hydrogen) atoms. The molecule has 1 aliphatic heterocycles. The van der Waals surface area contributed by atoms with Gasteiger partial charge in [-0.15, -0.1) is 0 Å². The van der Waals surface area contributed by atoms with E-state index in [0.717, 1.165) is 17.7 Å². The Balaban J connectivity index is 1.94. The van der Waals surface area contributed by atoms with Gasteiger partial charge in [-0.3, -0.25) is 14.5 Å². The van der Waals surface area contributed by atoms with Crippen molar-refractivity contribution < 1.29 is 19.1 Å². The predicted octanol–water partition coefficient (Wildman–Crippen LogP) is 2.34. The number of hydrogen-bond acceptors (Lipinski definition) is 4. The Morgan fingerprint density at radius 3 is 2.54 bits per heavy atom. The summed E-state index contributed by atoms with van der Waals surface area (Å²) < 4.78 is 5.41. The van der Waals surface area contributed by atoms with E-state index in [-0.39, 0.29) is 18.6 Å². The van der Waals surface area contributed by atoms with Crippen molar-refractivity contribution in [2.45, 2.75) is 58.6 Å². The van der Waals surface area contributed by atoms with Crippen LogP contribution in [0.1, 0.15) is 51.7 Å². The average Bonchev–Trinajstić information content (AvgIpc) is 2.86. The summed E-state index contributed by atoms with van der Waals surface area (Å²) in [6.07, 6.45) is 2.83. The molecular weight excluding hydrogens is 358 g/mol. The van der Waals surface area contributed by atoms with Crippen LogP contribution in [0, 0.1) is 0 Å². The zero-order valence-electron chi connectivity index (χ0n) is 17.2. The molecule has 0 aliphatic carbocycles. The number of nitrogens with one attached hydrogen (secondary N) is 2. The summed E-state index contributed by atoms with van der Waals surface area (Å²) >= 11 is 0. The first kappa shape index (κ1) is 21.9. The fourth-order valence-corrected chi connectivity index (χ4v) is 3.15. The second-order valence-corrected chi connectivity index (χ2v) is 7.52. The fourth-order valence-electron chi connectivity index (χ4n) is 3.15. The smallest absolute Gasteiger partial charge is 0.325 e. The molecule has 1 aromatic carbocycles. The molecule has 0 bridgehead atoms. The lowest BCUT2D eigenvalue weighted by Crippen LogP contribution is -2.43. The Morgan fingerprint density at radius 2 is 1.93 bits per heavy atom. The van der Waals surface area contributed by atoms with E-state index in [1.165, 1.54) is 5.56 Å². The van der Waals surface area contributed by atoms with E-state index in [0.29, 0.717) is 25.1 Å². The van der Waals surface area contributed by atoms with Gasteiger partial charge in [-0.1, -0.05) is 37.6 Å². The van der Waals surface area contributed by atoms with Crippen LogP contribution in [0.25, 0.3) is 0 Å². The van der Waals surface area contributed by atoms with Gasteiger partial charge in [-0.2, -0.15) is 0 Å². The maximum Gasteiger partial charge on any atom is 0.325 e. The summed E-state index contributed by atoms with van der Waals surface area (Å²) in [5, 5.41) is 5.45. The van der Waals surface area contributed by atoms with Gasteiger partial charge in [-0.25, -0.2) is 4.79 Å². The summed E-state index contributed by atoms with van der Waals surface area (Å²) in [4.78, 5) is 38.3. The molecular formula is C21H31N3O4. The molecule has 0 aromatic heterocycles. The third-order valence-corrected chi connectivity index (χ3v) is 4.74. The molecule has 1 fully saturated rings. The molecule has 1 atom stereocenters. The van der Waals surface area contributed by atoms with Crippen LogP contribution in [0.2, 0.25) is 0 Å². The molecule has 0 radical (unpaired) electrons. The van der Waals surface area contributed by atoms with E-state index < -0.39 is 17.5 Å². The largest absolute Gasteiger partial charge is 0.379 e. The van der Waals surface area contributed by atoms with Gasteiger partial charge in [0.05, 0.1) is 6.10 Å². The first-order valence-corrected chi connectivity index (χ1v) is 9.89. The van der Waals surface area contributed by atoms with E-state index in [1.807, 2.05) is 38.1 Å². The van der Waals surface area contributed by atoms with Crippen LogP contribution >= 0.6 is 0 Å². The number of benzene rings is 1. The molecule has 1 heterocycles. The van der Waals surface area contributed by atoms with Crippen LogP contribution in [0.3, 0.4) is 0 Å².